The van der Waals surface area contributed by atoms with Gasteiger partial charge in [0, 0.05) is 10.5 Å². The lowest BCUT2D eigenvalue weighted by molar-refractivity contribution is 0.162. The van der Waals surface area contributed by atoms with E-state index in [4.69, 9.17) is 23.8 Å². The topological polar surface area (TPSA) is 24.1 Å². The van der Waals surface area contributed by atoms with Crippen LogP contribution in [0.5, 0.6) is 0 Å². The second-order valence-corrected chi connectivity index (χ2v) is 8.56. The molecule has 1 aromatic carbocycles. The molecule has 0 radical (unpaired) electrons. The van der Waals surface area contributed by atoms with Gasteiger partial charge in [-0.15, -0.1) is 0 Å². The summed E-state index contributed by atoms with van der Waals surface area (Å²) in [6, 6.07) is 6.16. The zero-order valence-corrected chi connectivity index (χ0v) is 15.8. The highest BCUT2D eigenvalue weighted by molar-refractivity contribution is 9.10. The molecule has 2 atom stereocenters. The van der Waals surface area contributed by atoms with Crippen molar-refractivity contribution in [2.45, 2.75) is 46.1 Å². The Morgan fingerprint density at radius 2 is 2.10 bits per heavy atom. The van der Waals surface area contributed by atoms with E-state index in [2.05, 4.69) is 47.3 Å². The predicted octanol–water partition coefficient (Wildman–Crippen LogP) is 5.60. The molecule has 1 aliphatic carbocycles. The highest BCUT2D eigenvalue weighted by Gasteiger charge is 2.32. The monoisotopic (exact) mass is 388 g/mol. The normalized spacial score (nSPS) is 24.4. The van der Waals surface area contributed by atoms with Crippen LogP contribution in [0.2, 0.25) is 5.02 Å². The molecule has 0 heterocycles. The van der Waals surface area contributed by atoms with Gasteiger partial charge in [-0.3, -0.25) is 0 Å². The number of rotatable bonds is 2. The van der Waals surface area contributed by atoms with Gasteiger partial charge in [-0.05, 0) is 61.0 Å². The van der Waals surface area contributed by atoms with Gasteiger partial charge in [0.25, 0.3) is 0 Å². The van der Waals surface area contributed by atoms with Crippen LogP contribution < -0.4 is 10.6 Å². The molecule has 2 rings (SSSR count). The molecule has 0 aromatic heterocycles. The first-order valence-electron chi connectivity index (χ1n) is 7.28. The Hall–Kier alpha value is -0.320. The van der Waals surface area contributed by atoms with Crippen molar-refractivity contribution in [1.29, 1.82) is 0 Å². The second kappa shape index (κ2) is 6.84. The minimum Gasteiger partial charge on any atom is -0.360 e. The van der Waals surface area contributed by atoms with Crippen molar-refractivity contribution < 1.29 is 0 Å². The summed E-state index contributed by atoms with van der Waals surface area (Å²) in [5.41, 5.74) is 1.21. The third-order valence-corrected chi connectivity index (χ3v) is 4.93. The zero-order valence-electron chi connectivity index (χ0n) is 12.7. The molecule has 0 amide bonds. The van der Waals surface area contributed by atoms with E-state index in [9.17, 15) is 0 Å². The average Bonchev–Trinajstić information content (AvgIpc) is 2.29. The molecule has 5 heteroatoms. The molecule has 0 saturated heterocycles. The van der Waals surface area contributed by atoms with Gasteiger partial charge in [0.1, 0.15) is 0 Å². The molecule has 0 spiro atoms. The second-order valence-electron chi connectivity index (χ2n) is 6.83. The van der Waals surface area contributed by atoms with Crippen molar-refractivity contribution in [3.63, 3.8) is 0 Å². The van der Waals surface area contributed by atoms with Crippen LogP contribution in [0.25, 0.3) is 0 Å². The van der Waals surface area contributed by atoms with E-state index in [1.165, 1.54) is 12.8 Å². The van der Waals surface area contributed by atoms with Crippen LogP contribution in [0.4, 0.5) is 5.69 Å². The lowest BCUT2D eigenvalue weighted by atomic mass is 9.71. The standard InChI is InChI=1S/C16H22BrClN2S/c1-10-6-12(9-16(2,3)8-10)19-15(21)20-14-5-4-11(17)7-13(14)18/h4-5,7,10,12H,6,8-9H2,1-3H3,(H2,19,20,21). The van der Waals surface area contributed by atoms with Crippen LogP contribution in [0.1, 0.15) is 40.0 Å². The maximum atomic E-state index is 6.20. The van der Waals surface area contributed by atoms with Crippen molar-refractivity contribution >= 4 is 50.5 Å². The molecule has 1 fully saturated rings. The molecule has 2 nitrogen and oxygen atoms in total. The summed E-state index contributed by atoms with van der Waals surface area (Å²) in [6.45, 7) is 6.98. The molecule has 2 N–H and O–H groups in total. The van der Waals surface area contributed by atoms with Crippen molar-refractivity contribution in [3.8, 4) is 0 Å². The first-order valence-corrected chi connectivity index (χ1v) is 8.86. The number of nitrogens with one attached hydrogen (secondary N) is 2. The summed E-state index contributed by atoms with van der Waals surface area (Å²) in [5, 5.41) is 7.95. The molecular weight excluding hydrogens is 368 g/mol. The summed E-state index contributed by atoms with van der Waals surface area (Å²) in [6.07, 6.45) is 3.59. The molecule has 0 bridgehead atoms. The quantitative estimate of drug-likeness (QED) is 0.643. The molecule has 1 saturated carbocycles. The van der Waals surface area contributed by atoms with Gasteiger partial charge in [0.05, 0.1) is 10.7 Å². The maximum Gasteiger partial charge on any atom is 0.171 e. The Bertz CT molecular complexity index is 533. The van der Waals surface area contributed by atoms with Crippen LogP contribution in [0.15, 0.2) is 22.7 Å². The van der Waals surface area contributed by atoms with E-state index in [-0.39, 0.29) is 0 Å². The predicted molar refractivity (Wildman–Crippen MR) is 99.1 cm³/mol. The molecule has 1 aliphatic rings. The fraction of sp³-hybridized carbons (Fsp3) is 0.562. The number of hydrogen-bond donors (Lipinski definition) is 2. The minimum atomic E-state index is 0.375. The SMILES string of the molecule is CC1CC(NC(=S)Nc2ccc(Br)cc2Cl)CC(C)(C)C1. The summed E-state index contributed by atoms with van der Waals surface area (Å²) in [7, 11) is 0. The fourth-order valence-corrected chi connectivity index (χ4v) is 4.39. The first-order chi connectivity index (χ1) is 9.75. The Labute approximate surface area is 146 Å². The number of halogens is 2. The van der Waals surface area contributed by atoms with Gasteiger partial charge in [0.2, 0.25) is 0 Å². The van der Waals surface area contributed by atoms with Crippen LogP contribution in [0.3, 0.4) is 0 Å². The van der Waals surface area contributed by atoms with E-state index in [1.807, 2.05) is 18.2 Å². The lowest BCUT2D eigenvalue weighted by Crippen LogP contribution is -2.44. The molecular formula is C16H22BrClN2S. The molecule has 1 aromatic rings. The largest absolute Gasteiger partial charge is 0.360 e. The highest BCUT2D eigenvalue weighted by Crippen LogP contribution is 2.38. The zero-order chi connectivity index (χ0) is 15.6. The van der Waals surface area contributed by atoms with Crippen molar-refractivity contribution in [2.24, 2.45) is 11.3 Å². The van der Waals surface area contributed by atoms with E-state index < -0.39 is 0 Å². The summed E-state index contributed by atoms with van der Waals surface area (Å²) in [4.78, 5) is 0. The minimum absolute atomic E-state index is 0.375. The van der Waals surface area contributed by atoms with Crippen LogP contribution in [0, 0.1) is 11.3 Å². The number of anilines is 1. The maximum absolute atomic E-state index is 6.20. The Balaban J connectivity index is 1.95. The van der Waals surface area contributed by atoms with E-state index >= 15 is 0 Å². The molecule has 0 aliphatic heterocycles. The van der Waals surface area contributed by atoms with Crippen molar-refractivity contribution in [2.75, 3.05) is 5.32 Å². The van der Waals surface area contributed by atoms with Crippen LogP contribution in [-0.2, 0) is 0 Å². The van der Waals surface area contributed by atoms with Gasteiger partial charge >= 0.3 is 0 Å². The number of benzene rings is 1. The Morgan fingerprint density at radius 1 is 1.38 bits per heavy atom. The summed E-state index contributed by atoms with van der Waals surface area (Å²) >= 11 is 15.0. The first kappa shape index (κ1) is 17.0. The smallest absolute Gasteiger partial charge is 0.171 e. The van der Waals surface area contributed by atoms with E-state index in [0.29, 0.717) is 21.6 Å². The van der Waals surface area contributed by atoms with Gasteiger partial charge < -0.3 is 10.6 Å². The Kier molecular flexibility index (Phi) is 5.55. The van der Waals surface area contributed by atoms with E-state index in [1.54, 1.807) is 0 Å². The lowest BCUT2D eigenvalue weighted by Gasteiger charge is -2.39. The van der Waals surface area contributed by atoms with Gasteiger partial charge in [-0.2, -0.15) is 0 Å². The van der Waals surface area contributed by atoms with Crippen LogP contribution in [-0.4, -0.2) is 11.2 Å². The van der Waals surface area contributed by atoms with Crippen molar-refractivity contribution in [3.05, 3.63) is 27.7 Å². The molecule has 2 unspecified atom stereocenters. The van der Waals surface area contributed by atoms with Crippen molar-refractivity contribution in [1.82, 2.24) is 5.32 Å². The van der Waals surface area contributed by atoms with E-state index in [0.717, 1.165) is 22.5 Å². The van der Waals surface area contributed by atoms with Gasteiger partial charge in [-0.1, -0.05) is 48.3 Å². The van der Waals surface area contributed by atoms with Gasteiger partial charge in [0.15, 0.2) is 5.11 Å². The third-order valence-electron chi connectivity index (χ3n) is 3.90. The summed E-state index contributed by atoms with van der Waals surface area (Å²) in [5.74, 6) is 0.727. The highest BCUT2D eigenvalue weighted by atomic mass is 79.9. The Morgan fingerprint density at radius 3 is 2.71 bits per heavy atom. The summed E-state index contributed by atoms with van der Waals surface area (Å²) < 4.78 is 0.958. The third kappa shape index (κ3) is 5.11. The fourth-order valence-electron chi connectivity index (χ4n) is 3.39. The molecule has 21 heavy (non-hydrogen) atoms. The average molecular weight is 390 g/mol. The van der Waals surface area contributed by atoms with Crippen LogP contribution >= 0.6 is 39.7 Å². The van der Waals surface area contributed by atoms with Gasteiger partial charge in [-0.25, -0.2) is 0 Å². The molecule has 116 valence electrons. The number of thiocarbonyl (C=S) groups is 1. The number of hydrogen-bond acceptors (Lipinski definition) is 1.